The summed E-state index contributed by atoms with van der Waals surface area (Å²) in [7, 11) is 0. The Morgan fingerprint density at radius 2 is 1.33 bits per heavy atom. The minimum absolute atomic E-state index is 0.324. The maximum Gasteiger partial charge on any atom is 0.149 e. The molecule has 4 aromatic carbocycles. The van der Waals surface area contributed by atoms with Crippen molar-refractivity contribution in [2.45, 2.75) is 59.3 Å². The summed E-state index contributed by atoms with van der Waals surface area (Å²) in [6, 6.07) is 30.5. The Kier molecular flexibility index (Phi) is 6.38. The second kappa shape index (κ2) is 9.89. The summed E-state index contributed by atoms with van der Waals surface area (Å²) in [5.74, 6) is 2.01. The van der Waals surface area contributed by atoms with Crippen LogP contribution < -0.4 is 0 Å². The lowest BCUT2D eigenvalue weighted by molar-refractivity contribution is 0.615. The van der Waals surface area contributed by atoms with E-state index in [0.29, 0.717) is 17.8 Å². The van der Waals surface area contributed by atoms with Crippen LogP contribution in [-0.2, 0) is 0 Å². The summed E-state index contributed by atoms with van der Waals surface area (Å²) in [6.07, 6.45) is 1.88. The Morgan fingerprint density at radius 3 is 2.00 bits per heavy atom. The third-order valence-electron chi connectivity index (χ3n) is 7.81. The zero-order chi connectivity index (χ0) is 27.3. The molecule has 0 amide bonds. The molecule has 0 spiro atoms. The Bertz CT molecular complexity index is 1750. The number of rotatable bonds is 6. The van der Waals surface area contributed by atoms with Gasteiger partial charge in [0, 0.05) is 5.39 Å². The van der Waals surface area contributed by atoms with Crippen molar-refractivity contribution >= 4 is 22.0 Å². The fourth-order valence-corrected chi connectivity index (χ4v) is 5.63. The van der Waals surface area contributed by atoms with Crippen molar-refractivity contribution in [3.63, 3.8) is 0 Å². The quantitative estimate of drug-likeness (QED) is 0.222. The maximum atomic E-state index is 6.16. The molecule has 0 unspecified atom stereocenters. The Balaban J connectivity index is 1.68. The van der Waals surface area contributed by atoms with Crippen LogP contribution in [0.2, 0.25) is 0 Å². The van der Waals surface area contributed by atoms with Crippen molar-refractivity contribution in [3.8, 4) is 28.2 Å². The number of aromatic nitrogens is 2. The Morgan fingerprint density at radius 1 is 0.667 bits per heavy atom. The SMILES string of the molecule is CC(C)c1ccc2c(-c3nc4ccccc4n3-c3c(C(C)C)cc(-c4ccccc4)cc3C(C)C)coc2c1. The van der Waals surface area contributed by atoms with Gasteiger partial charge in [-0.1, -0.05) is 96.1 Å². The zero-order valence-corrected chi connectivity index (χ0v) is 23.7. The van der Waals surface area contributed by atoms with Gasteiger partial charge in [-0.25, -0.2) is 4.98 Å². The van der Waals surface area contributed by atoms with E-state index in [9.17, 15) is 0 Å². The highest BCUT2D eigenvalue weighted by Gasteiger charge is 2.25. The first kappa shape index (κ1) is 25.2. The van der Waals surface area contributed by atoms with Crippen LogP contribution in [-0.4, -0.2) is 9.55 Å². The monoisotopic (exact) mass is 512 g/mol. The van der Waals surface area contributed by atoms with E-state index >= 15 is 0 Å². The van der Waals surface area contributed by atoms with Gasteiger partial charge in [-0.2, -0.15) is 0 Å². The van der Waals surface area contributed by atoms with Crippen LogP contribution in [0.15, 0.2) is 95.6 Å². The molecule has 0 bridgehead atoms. The number of hydrogen-bond donors (Lipinski definition) is 0. The molecule has 3 nitrogen and oxygen atoms in total. The first-order chi connectivity index (χ1) is 18.8. The number of hydrogen-bond acceptors (Lipinski definition) is 2. The molecule has 0 radical (unpaired) electrons. The summed E-state index contributed by atoms with van der Waals surface area (Å²) >= 11 is 0. The second-order valence-electron chi connectivity index (χ2n) is 11.5. The molecule has 0 aliphatic heterocycles. The molecule has 2 heterocycles. The zero-order valence-electron chi connectivity index (χ0n) is 23.7. The van der Waals surface area contributed by atoms with Crippen LogP contribution in [0.1, 0.15) is 76.0 Å². The Hall–Kier alpha value is -4.11. The number of benzene rings is 4. The van der Waals surface area contributed by atoms with E-state index in [1.165, 1.54) is 33.5 Å². The molecule has 6 aromatic rings. The summed E-state index contributed by atoms with van der Waals surface area (Å²) in [5, 5.41) is 1.09. The largest absolute Gasteiger partial charge is 0.464 e. The summed E-state index contributed by atoms with van der Waals surface area (Å²) < 4.78 is 8.54. The average molecular weight is 513 g/mol. The normalized spacial score (nSPS) is 12.0. The van der Waals surface area contributed by atoms with E-state index in [2.05, 4.69) is 131 Å². The van der Waals surface area contributed by atoms with E-state index in [1.807, 2.05) is 6.26 Å². The standard InChI is InChI=1S/C36H36N2O/c1-22(2)26-16-17-28-31(21-39-34(28)20-26)36-37-32-14-10-11-15-33(32)38(36)35-29(23(3)4)18-27(19-30(35)24(5)6)25-12-8-7-9-13-25/h7-24H,1-6H3. The lowest BCUT2D eigenvalue weighted by atomic mass is 9.88. The molecule has 6 rings (SSSR count). The fourth-order valence-electron chi connectivity index (χ4n) is 5.63. The highest BCUT2D eigenvalue weighted by molar-refractivity contribution is 5.96. The molecule has 39 heavy (non-hydrogen) atoms. The van der Waals surface area contributed by atoms with Crippen LogP contribution in [0, 0.1) is 0 Å². The lowest BCUT2D eigenvalue weighted by Crippen LogP contribution is -2.09. The lowest BCUT2D eigenvalue weighted by Gasteiger charge is -2.24. The highest BCUT2D eigenvalue weighted by Crippen LogP contribution is 2.41. The predicted molar refractivity (Wildman–Crippen MR) is 164 cm³/mol. The number of furan rings is 1. The number of nitrogens with zero attached hydrogens (tertiary/aromatic N) is 2. The summed E-state index contributed by atoms with van der Waals surface area (Å²) in [6.45, 7) is 13.6. The highest BCUT2D eigenvalue weighted by atomic mass is 16.3. The molecule has 196 valence electrons. The summed E-state index contributed by atoms with van der Waals surface area (Å²) in [4.78, 5) is 5.22. The second-order valence-corrected chi connectivity index (χ2v) is 11.5. The van der Waals surface area contributed by atoms with Crippen molar-refractivity contribution in [1.82, 2.24) is 9.55 Å². The van der Waals surface area contributed by atoms with Gasteiger partial charge < -0.3 is 4.42 Å². The third kappa shape index (κ3) is 4.36. The van der Waals surface area contributed by atoms with Gasteiger partial charge in [0.2, 0.25) is 0 Å². The molecule has 2 aromatic heterocycles. The van der Waals surface area contributed by atoms with E-state index in [4.69, 9.17) is 9.40 Å². The minimum atomic E-state index is 0.324. The van der Waals surface area contributed by atoms with Crippen LogP contribution in [0.25, 0.3) is 50.2 Å². The molecular formula is C36H36N2O. The molecule has 0 saturated carbocycles. The number of imidazole rings is 1. The van der Waals surface area contributed by atoms with Crippen molar-refractivity contribution < 1.29 is 4.42 Å². The van der Waals surface area contributed by atoms with Crippen LogP contribution in [0.3, 0.4) is 0 Å². The minimum Gasteiger partial charge on any atom is -0.464 e. The van der Waals surface area contributed by atoms with E-state index < -0.39 is 0 Å². The molecule has 0 N–H and O–H groups in total. The molecule has 0 fully saturated rings. The molecule has 0 atom stereocenters. The van der Waals surface area contributed by atoms with Gasteiger partial charge in [-0.05, 0) is 75.9 Å². The van der Waals surface area contributed by atoms with Crippen LogP contribution in [0.4, 0.5) is 0 Å². The van der Waals surface area contributed by atoms with Gasteiger partial charge >= 0.3 is 0 Å². The van der Waals surface area contributed by atoms with E-state index in [0.717, 1.165) is 33.4 Å². The van der Waals surface area contributed by atoms with Gasteiger partial charge in [-0.15, -0.1) is 0 Å². The molecule has 0 saturated heterocycles. The van der Waals surface area contributed by atoms with Crippen LogP contribution in [0.5, 0.6) is 0 Å². The summed E-state index contributed by atoms with van der Waals surface area (Å²) in [5.41, 5.74) is 11.7. The van der Waals surface area contributed by atoms with Crippen molar-refractivity contribution in [3.05, 3.63) is 108 Å². The first-order valence-electron chi connectivity index (χ1n) is 14.1. The molecule has 0 aliphatic rings. The van der Waals surface area contributed by atoms with Crippen molar-refractivity contribution in [2.75, 3.05) is 0 Å². The van der Waals surface area contributed by atoms with Gasteiger partial charge in [-0.3, -0.25) is 4.57 Å². The van der Waals surface area contributed by atoms with E-state index in [1.54, 1.807) is 0 Å². The number of para-hydroxylation sites is 2. The molecule has 3 heteroatoms. The van der Waals surface area contributed by atoms with Crippen LogP contribution >= 0.6 is 0 Å². The van der Waals surface area contributed by atoms with E-state index in [-0.39, 0.29) is 0 Å². The average Bonchev–Trinajstić information content (AvgIpc) is 3.53. The third-order valence-corrected chi connectivity index (χ3v) is 7.81. The number of fused-ring (bicyclic) bond motifs is 2. The van der Waals surface area contributed by atoms with Gasteiger partial charge in [0.05, 0.1) is 22.3 Å². The molecular weight excluding hydrogens is 476 g/mol. The topological polar surface area (TPSA) is 31.0 Å². The van der Waals surface area contributed by atoms with Gasteiger partial charge in [0.15, 0.2) is 0 Å². The first-order valence-corrected chi connectivity index (χ1v) is 14.1. The van der Waals surface area contributed by atoms with Gasteiger partial charge in [0.1, 0.15) is 17.7 Å². The maximum absolute atomic E-state index is 6.16. The van der Waals surface area contributed by atoms with Crippen molar-refractivity contribution in [2.24, 2.45) is 0 Å². The van der Waals surface area contributed by atoms with Gasteiger partial charge in [0.25, 0.3) is 0 Å². The van der Waals surface area contributed by atoms with Crippen molar-refractivity contribution in [1.29, 1.82) is 0 Å². The smallest absolute Gasteiger partial charge is 0.149 e. The predicted octanol–water partition coefficient (Wildman–Crippen LogP) is 10.5. The fraction of sp³-hybridized carbons (Fsp3) is 0.250. The Labute approximate surface area is 231 Å². The molecule has 0 aliphatic carbocycles.